The van der Waals surface area contributed by atoms with Gasteiger partial charge in [-0.25, -0.2) is 0 Å². The summed E-state index contributed by atoms with van der Waals surface area (Å²) in [6, 6.07) is 6.06. The van der Waals surface area contributed by atoms with Gasteiger partial charge in [-0.15, -0.1) is 0 Å². The SMILES string of the molecule is CCn1ncc(Br)c1CN(C)C(=O)/C=C\c1ccc(OC(F)F)cc1. The second kappa shape index (κ2) is 8.75. The number of halogens is 3. The molecule has 1 aromatic heterocycles. The molecular formula is C17H18BrF2N3O2. The van der Waals surface area contributed by atoms with Crippen LogP contribution in [0.2, 0.25) is 0 Å². The maximum Gasteiger partial charge on any atom is 0.387 e. The number of aryl methyl sites for hydroxylation is 1. The summed E-state index contributed by atoms with van der Waals surface area (Å²) in [5, 5.41) is 4.22. The molecule has 0 saturated heterocycles. The zero-order valence-corrected chi connectivity index (χ0v) is 15.4. The molecular weight excluding hydrogens is 396 g/mol. The molecule has 0 unspecified atom stereocenters. The molecule has 0 atom stereocenters. The Balaban J connectivity index is 1.98. The quantitative estimate of drug-likeness (QED) is 0.645. The Morgan fingerprint density at radius 2 is 2.08 bits per heavy atom. The third-order valence-electron chi connectivity index (χ3n) is 3.48. The molecule has 0 aliphatic carbocycles. The van der Waals surface area contributed by atoms with E-state index in [0.717, 1.165) is 10.2 Å². The first-order chi connectivity index (χ1) is 11.9. The highest BCUT2D eigenvalue weighted by atomic mass is 79.9. The van der Waals surface area contributed by atoms with Crippen LogP contribution in [-0.2, 0) is 17.9 Å². The summed E-state index contributed by atoms with van der Waals surface area (Å²) in [5.41, 5.74) is 1.63. The molecule has 0 saturated carbocycles. The number of ether oxygens (including phenoxy) is 1. The van der Waals surface area contributed by atoms with Crippen molar-refractivity contribution < 1.29 is 18.3 Å². The molecule has 1 heterocycles. The molecule has 0 N–H and O–H groups in total. The summed E-state index contributed by atoms with van der Waals surface area (Å²) in [7, 11) is 1.70. The van der Waals surface area contributed by atoms with Gasteiger partial charge in [-0.2, -0.15) is 13.9 Å². The lowest BCUT2D eigenvalue weighted by Gasteiger charge is -2.16. The number of carbonyl (C=O) groups is 1. The summed E-state index contributed by atoms with van der Waals surface area (Å²) in [4.78, 5) is 13.8. The number of alkyl halides is 2. The van der Waals surface area contributed by atoms with Crippen LogP contribution in [0, 0.1) is 0 Å². The Hall–Kier alpha value is -2.22. The van der Waals surface area contributed by atoms with Crippen LogP contribution in [0.1, 0.15) is 18.2 Å². The minimum absolute atomic E-state index is 0.0771. The van der Waals surface area contributed by atoms with Crippen molar-refractivity contribution in [1.29, 1.82) is 0 Å². The number of nitrogens with zero attached hydrogens (tertiary/aromatic N) is 3. The van der Waals surface area contributed by atoms with E-state index < -0.39 is 6.61 Å². The monoisotopic (exact) mass is 413 g/mol. The lowest BCUT2D eigenvalue weighted by Crippen LogP contribution is -2.25. The summed E-state index contributed by atoms with van der Waals surface area (Å²) in [6.45, 7) is 0.254. The van der Waals surface area contributed by atoms with Crippen molar-refractivity contribution in [2.45, 2.75) is 26.6 Å². The number of hydrogen-bond acceptors (Lipinski definition) is 3. The molecule has 25 heavy (non-hydrogen) atoms. The first-order valence-electron chi connectivity index (χ1n) is 7.59. The smallest absolute Gasteiger partial charge is 0.387 e. The van der Waals surface area contributed by atoms with Crippen molar-refractivity contribution in [3.8, 4) is 5.75 Å². The van der Waals surface area contributed by atoms with Gasteiger partial charge in [0.2, 0.25) is 5.91 Å². The van der Waals surface area contributed by atoms with Crippen LogP contribution in [-0.4, -0.2) is 34.2 Å². The van der Waals surface area contributed by atoms with Crippen molar-refractivity contribution in [2.24, 2.45) is 0 Å². The number of benzene rings is 1. The maximum absolute atomic E-state index is 12.2. The molecule has 1 aromatic carbocycles. The maximum atomic E-state index is 12.2. The highest BCUT2D eigenvalue weighted by molar-refractivity contribution is 9.10. The Kier molecular flexibility index (Phi) is 6.69. The molecule has 1 amide bonds. The first-order valence-corrected chi connectivity index (χ1v) is 8.38. The summed E-state index contributed by atoms with van der Waals surface area (Å²) >= 11 is 3.43. The second-order valence-electron chi connectivity index (χ2n) is 5.23. The van der Waals surface area contributed by atoms with E-state index in [4.69, 9.17) is 0 Å². The minimum Gasteiger partial charge on any atom is -0.435 e. The Labute approximate surface area is 153 Å². The van der Waals surface area contributed by atoms with Crippen molar-refractivity contribution in [3.63, 3.8) is 0 Å². The van der Waals surface area contributed by atoms with E-state index >= 15 is 0 Å². The van der Waals surface area contributed by atoms with E-state index in [2.05, 4.69) is 25.8 Å². The Morgan fingerprint density at radius 1 is 1.40 bits per heavy atom. The van der Waals surface area contributed by atoms with Gasteiger partial charge < -0.3 is 9.64 Å². The van der Waals surface area contributed by atoms with Gasteiger partial charge in [0.05, 0.1) is 22.9 Å². The van der Waals surface area contributed by atoms with Crippen molar-refractivity contribution >= 4 is 27.9 Å². The van der Waals surface area contributed by atoms with Crippen LogP contribution < -0.4 is 4.74 Å². The Bertz CT molecular complexity index is 745. The van der Waals surface area contributed by atoms with Crippen LogP contribution in [0.25, 0.3) is 6.08 Å². The largest absolute Gasteiger partial charge is 0.435 e. The molecule has 0 spiro atoms. The number of likely N-dealkylation sites (N-methyl/N-ethyl adjacent to an activating group) is 1. The molecule has 134 valence electrons. The van der Waals surface area contributed by atoms with Crippen LogP contribution in [0.5, 0.6) is 5.75 Å². The zero-order valence-electron chi connectivity index (χ0n) is 13.8. The average molecular weight is 414 g/mol. The van der Waals surface area contributed by atoms with Gasteiger partial charge in [0, 0.05) is 19.7 Å². The number of amides is 1. The lowest BCUT2D eigenvalue weighted by atomic mass is 10.2. The van der Waals surface area contributed by atoms with Crippen molar-refractivity contribution in [3.05, 3.63) is 52.3 Å². The molecule has 0 bridgehead atoms. The fourth-order valence-corrected chi connectivity index (χ4v) is 2.60. The predicted octanol–water partition coefficient (Wildman–Crippen LogP) is 3.94. The zero-order chi connectivity index (χ0) is 18.4. The number of aromatic nitrogens is 2. The Morgan fingerprint density at radius 3 is 2.68 bits per heavy atom. The standard InChI is InChI=1S/C17H18BrF2N3O2/c1-3-23-15(14(18)10-21-23)11-22(2)16(24)9-6-12-4-7-13(8-5-12)25-17(19)20/h4-10,17H,3,11H2,1-2H3/b9-6-. The van der Waals surface area contributed by atoms with Crippen LogP contribution in [0.3, 0.4) is 0 Å². The first kappa shape index (κ1) is 19.1. The van der Waals surface area contributed by atoms with E-state index in [1.165, 1.54) is 18.2 Å². The molecule has 0 radical (unpaired) electrons. The van der Waals surface area contributed by atoms with Gasteiger partial charge >= 0.3 is 6.61 Å². The van der Waals surface area contributed by atoms with Crippen LogP contribution in [0.4, 0.5) is 8.78 Å². The van der Waals surface area contributed by atoms with Crippen molar-refractivity contribution in [2.75, 3.05) is 7.05 Å². The third-order valence-corrected chi connectivity index (χ3v) is 4.15. The number of rotatable bonds is 7. The summed E-state index contributed by atoms with van der Waals surface area (Å²) in [6.07, 6.45) is 4.76. The fraction of sp³-hybridized carbons (Fsp3) is 0.294. The molecule has 0 aliphatic heterocycles. The van der Waals surface area contributed by atoms with Gasteiger partial charge in [0.15, 0.2) is 0 Å². The average Bonchev–Trinajstić information content (AvgIpc) is 2.93. The van der Waals surface area contributed by atoms with Gasteiger partial charge in [-0.3, -0.25) is 9.48 Å². The predicted molar refractivity (Wildman–Crippen MR) is 94.2 cm³/mol. The van der Waals surface area contributed by atoms with E-state index in [-0.39, 0.29) is 11.7 Å². The van der Waals surface area contributed by atoms with Gasteiger partial charge in [-0.05, 0) is 46.6 Å². The molecule has 2 rings (SSSR count). The van der Waals surface area contributed by atoms with Gasteiger partial charge in [0.1, 0.15) is 5.75 Å². The van der Waals surface area contributed by atoms with Crippen LogP contribution in [0.15, 0.2) is 41.0 Å². The normalized spacial score (nSPS) is 11.3. The topological polar surface area (TPSA) is 47.4 Å². The molecule has 2 aromatic rings. The highest BCUT2D eigenvalue weighted by Crippen LogP contribution is 2.18. The molecule has 8 heteroatoms. The van der Waals surface area contributed by atoms with E-state index in [1.807, 2.05) is 11.6 Å². The van der Waals surface area contributed by atoms with Gasteiger partial charge in [-0.1, -0.05) is 12.1 Å². The van der Waals surface area contributed by atoms with E-state index in [9.17, 15) is 13.6 Å². The number of carbonyl (C=O) groups excluding carboxylic acids is 1. The lowest BCUT2D eigenvalue weighted by molar-refractivity contribution is -0.125. The molecule has 0 aliphatic rings. The summed E-state index contributed by atoms with van der Waals surface area (Å²) in [5.74, 6) is -0.100. The van der Waals surface area contributed by atoms with Gasteiger partial charge in [0.25, 0.3) is 0 Å². The fourth-order valence-electron chi connectivity index (χ4n) is 2.18. The summed E-state index contributed by atoms with van der Waals surface area (Å²) < 4.78 is 31.2. The number of hydrogen-bond donors (Lipinski definition) is 0. The second-order valence-corrected chi connectivity index (χ2v) is 6.08. The molecule has 5 nitrogen and oxygen atoms in total. The third kappa shape index (κ3) is 5.38. The molecule has 0 fully saturated rings. The minimum atomic E-state index is -2.85. The van der Waals surface area contributed by atoms with E-state index in [0.29, 0.717) is 18.7 Å². The highest BCUT2D eigenvalue weighted by Gasteiger charge is 2.13. The van der Waals surface area contributed by atoms with Crippen molar-refractivity contribution in [1.82, 2.24) is 14.7 Å². The van der Waals surface area contributed by atoms with Crippen LogP contribution >= 0.6 is 15.9 Å². The van der Waals surface area contributed by atoms with E-state index in [1.54, 1.807) is 36.4 Å².